The Morgan fingerprint density at radius 1 is 1.23 bits per heavy atom. The Hall–Kier alpha value is -2.80. The van der Waals surface area contributed by atoms with E-state index in [1.165, 1.54) is 18.1 Å². The van der Waals surface area contributed by atoms with Crippen molar-refractivity contribution in [1.82, 2.24) is 4.90 Å². The van der Waals surface area contributed by atoms with Crippen LogP contribution in [0, 0.1) is 0 Å². The van der Waals surface area contributed by atoms with Crippen LogP contribution < -0.4 is 10.6 Å². The molecular formula is C18H18ClN3O4. The van der Waals surface area contributed by atoms with Gasteiger partial charge in [0.1, 0.15) is 6.04 Å². The number of anilines is 2. The molecule has 3 amide bonds. The van der Waals surface area contributed by atoms with E-state index in [9.17, 15) is 14.4 Å². The fourth-order valence-electron chi connectivity index (χ4n) is 2.94. The van der Waals surface area contributed by atoms with E-state index in [4.69, 9.17) is 16.0 Å². The molecule has 2 heterocycles. The van der Waals surface area contributed by atoms with Gasteiger partial charge in [-0.05, 0) is 43.2 Å². The minimum Gasteiger partial charge on any atom is -0.459 e. The average molecular weight is 376 g/mol. The second-order valence-corrected chi connectivity index (χ2v) is 6.41. The van der Waals surface area contributed by atoms with Crippen molar-refractivity contribution in [2.24, 2.45) is 0 Å². The smallest absolute Gasteiger partial charge is 0.290 e. The van der Waals surface area contributed by atoms with Crippen LogP contribution in [0.25, 0.3) is 0 Å². The Bertz CT molecular complexity index is 835. The molecule has 0 saturated carbocycles. The van der Waals surface area contributed by atoms with Crippen molar-refractivity contribution in [2.45, 2.75) is 25.8 Å². The SMILES string of the molecule is CC(=O)Nc1ccc(Cl)c(NC(=O)[C@@H]2CCCN2C(=O)c2ccco2)c1. The van der Waals surface area contributed by atoms with Crippen LogP contribution in [0.3, 0.4) is 0 Å². The molecule has 1 aliphatic rings. The van der Waals surface area contributed by atoms with Gasteiger partial charge >= 0.3 is 0 Å². The van der Waals surface area contributed by atoms with Crippen molar-refractivity contribution in [3.8, 4) is 0 Å². The van der Waals surface area contributed by atoms with Gasteiger partial charge in [0.25, 0.3) is 5.91 Å². The maximum absolute atomic E-state index is 12.7. The summed E-state index contributed by atoms with van der Waals surface area (Å²) in [6, 6.07) is 7.41. The third-order valence-electron chi connectivity index (χ3n) is 4.09. The molecule has 26 heavy (non-hydrogen) atoms. The Morgan fingerprint density at radius 2 is 2.04 bits per heavy atom. The molecule has 0 unspecified atom stereocenters. The summed E-state index contributed by atoms with van der Waals surface area (Å²) < 4.78 is 5.14. The molecule has 0 bridgehead atoms. The molecule has 2 N–H and O–H groups in total. The van der Waals surface area contributed by atoms with Gasteiger partial charge in [0.15, 0.2) is 5.76 Å². The number of benzene rings is 1. The van der Waals surface area contributed by atoms with Gasteiger partial charge in [0, 0.05) is 19.2 Å². The summed E-state index contributed by atoms with van der Waals surface area (Å²) in [5.74, 6) is -0.666. The van der Waals surface area contributed by atoms with Crippen molar-refractivity contribution < 1.29 is 18.8 Å². The zero-order valence-electron chi connectivity index (χ0n) is 14.1. The molecule has 0 spiro atoms. The first-order valence-electron chi connectivity index (χ1n) is 8.18. The number of nitrogens with zero attached hydrogens (tertiary/aromatic N) is 1. The minimum atomic E-state index is -0.604. The van der Waals surface area contributed by atoms with Gasteiger partial charge in [-0.15, -0.1) is 0 Å². The van der Waals surface area contributed by atoms with E-state index in [2.05, 4.69) is 10.6 Å². The maximum atomic E-state index is 12.7. The van der Waals surface area contributed by atoms with Crippen LogP contribution in [0.15, 0.2) is 41.0 Å². The molecule has 7 nitrogen and oxygen atoms in total. The highest BCUT2D eigenvalue weighted by Gasteiger charge is 2.35. The largest absolute Gasteiger partial charge is 0.459 e. The summed E-state index contributed by atoms with van der Waals surface area (Å²) in [6.07, 6.45) is 2.71. The van der Waals surface area contributed by atoms with Crippen molar-refractivity contribution in [1.29, 1.82) is 0 Å². The second-order valence-electron chi connectivity index (χ2n) is 6.00. The van der Waals surface area contributed by atoms with Crippen molar-refractivity contribution in [3.63, 3.8) is 0 Å². The molecule has 1 aliphatic heterocycles. The van der Waals surface area contributed by atoms with Crippen molar-refractivity contribution in [2.75, 3.05) is 17.2 Å². The lowest BCUT2D eigenvalue weighted by Gasteiger charge is -2.23. The first-order chi connectivity index (χ1) is 12.5. The Morgan fingerprint density at radius 3 is 2.73 bits per heavy atom. The summed E-state index contributed by atoms with van der Waals surface area (Å²) in [4.78, 5) is 37.9. The predicted molar refractivity (Wildman–Crippen MR) is 97.2 cm³/mol. The lowest BCUT2D eigenvalue weighted by molar-refractivity contribution is -0.119. The molecule has 1 saturated heterocycles. The average Bonchev–Trinajstić information content (AvgIpc) is 3.28. The molecule has 136 valence electrons. The topological polar surface area (TPSA) is 91.7 Å². The number of amides is 3. The van der Waals surface area contributed by atoms with Crippen LogP contribution in [0.5, 0.6) is 0 Å². The van der Waals surface area contributed by atoms with Gasteiger partial charge in [-0.2, -0.15) is 0 Å². The van der Waals surface area contributed by atoms with Crippen LogP contribution in [-0.2, 0) is 9.59 Å². The highest BCUT2D eigenvalue weighted by atomic mass is 35.5. The molecule has 0 radical (unpaired) electrons. The summed E-state index contributed by atoms with van der Waals surface area (Å²) >= 11 is 6.14. The van der Waals surface area contributed by atoms with E-state index in [1.54, 1.807) is 30.3 Å². The van der Waals surface area contributed by atoms with Gasteiger partial charge < -0.3 is 20.0 Å². The summed E-state index contributed by atoms with van der Waals surface area (Å²) in [7, 11) is 0. The Labute approximate surface area is 155 Å². The number of nitrogens with one attached hydrogen (secondary N) is 2. The monoisotopic (exact) mass is 375 g/mol. The quantitative estimate of drug-likeness (QED) is 0.858. The van der Waals surface area contributed by atoms with Gasteiger partial charge in [-0.3, -0.25) is 14.4 Å². The van der Waals surface area contributed by atoms with E-state index in [1.807, 2.05) is 0 Å². The van der Waals surface area contributed by atoms with Crippen LogP contribution in [0.1, 0.15) is 30.3 Å². The first kappa shape index (κ1) is 18.0. The van der Waals surface area contributed by atoms with Gasteiger partial charge in [-0.25, -0.2) is 0 Å². The normalized spacial score (nSPS) is 16.4. The molecular weight excluding hydrogens is 358 g/mol. The van der Waals surface area contributed by atoms with E-state index in [0.29, 0.717) is 29.4 Å². The van der Waals surface area contributed by atoms with E-state index in [-0.39, 0.29) is 23.5 Å². The Kier molecular flexibility index (Phi) is 5.27. The number of hydrogen-bond donors (Lipinski definition) is 2. The fraction of sp³-hybridized carbons (Fsp3) is 0.278. The molecule has 0 aliphatic carbocycles. The van der Waals surface area contributed by atoms with Gasteiger partial charge in [0.05, 0.1) is 17.0 Å². The zero-order chi connectivity index (χ0) is 18.7. The molecule has 2 aromatic rings. The van der Waals surface area contributed by atoms with Crippen molar-refractivity contribution in [3.05, 3.63) is 47.4 Å². The highest BCUT2D eigenvalue weighted by Crippen LogP contribution is 2.28. The molecule has 1 aromatic heterocycles. The van der Waals surface area contributed by atoms with E-state index in [0.717, 1.165) is 6.42 Å². The second kappa shape index (κ2) is 7.61. The summed E-state index contributed by atoms with van der Waals surface area (Å²) in [5.41, 5.74) is 0.896. The van der Waals surface area contributed by atoms with Crippen LogP contribution in [0.2, 0.25) is 5.02 Å². The number of furan rings is 1. The molecule has 1 atom stereocenters. The number of rotatable bonds is 4. The fourth-order valence-corrected chi connectivity index (χ4v) is 3.11. The lowest BCUT2D eigenvalue weighted by Crippen LogP contribution is -2.43. The first-order valence-corrected chi connectivity index (χ1v) is 8.56. The van der Waals surface area contributed by atoms with E-state index >= 15 is 0 Å². The highest BCUT2D eigenvalue weighted by molar-refractivity contribution is 6.34. The summed E-state index contributed by atoms with van der Waals surface area (Å²) in [6.45, 7) is 1.88. The van der Waals surface area contributed by atoms with Gasteiger partial charge in [0.2, 0.25) is 11.8 Å². The summed E-state index contributed by atoms with van der Waals surface area (Å²) in [5, 5.41) is 5.73. The molecule has 8 heteroatoms. The molecule has 3 rings (SSSR count). The molecule has 1 aromatic carbocycles. The zero-order valence-corrected chi connectivity index (χ0v) is 14.9. The Balaban J connectivity index is 1.75. The van der Waals surface area contributed by atoms with Crippen molar-refractivity contribution >= 4 is 40.7 Å². The van der Waals surface area contributed by atoms with Crippen LogP contribution >= 0.6 is 11.6 Å². The van der Waals surface area contributed by atoms with Crippen LogP contribution in [0.4, 0.5) is 11.4 Å². The number of hydrogen-bond acceptors (Lipinski definition) is 4. The van der Waals surface area contributed by atoms with Crippen LogP contribution in [-0.4, -0.2) is 35.2 Å². The predicted octanol–water partition coefficient (Wildman–Crippen LogP) is 3.13. The molecule has 1 fully saturated rings. The van der Waals surface area contributed by atoms with E-state index < -0.39 is 6.04 Å². The number of halogens is 1. The lowest BCUT2D eigenvalue weighted by atomic mass is 10.2. The van der Waals surface area contributed by atoms with Gasteiger partial charge in [-0.1, -0.05) is 11.6 Å². The third-order valence-corrected chi connectivity index (χ3v) is 4.42. The maximum Gasteiger partial charge on any atom is 0.290 e. The number of carbonyl (C=O) groups is 3. The third kappa shape index (κ3) is 3.88. The minimum absolute atomic E-state index is 0.204. The standard InChI is InChI=1S/C18H18ClN3O4/c1-11(23)20-12-6-7-13(19)14(10-12)21-17(24)15-4-2-8-22(15)18(25)16-5-3-9-26-16/h3,5-7,9-10,15H,2,4,8H2,1H3,(H,20,23)(H,21,24)/t15-/m0/s1. The number of likely N-dealkylation sites (tertiary alicyclic amines) is 1. The number of carbonyl (C=O) groups excluding carboxylic acids is 3.